The van der Waals surface area contributed by atoms with Crippen LogP contribution < -0.4 is 0 Å². The molecule has 2 N–H and O–H groups in total. The van der Waals surface area contributed by atoms with E-state index in [9.17, 15) is 9.18 Å². The molecule has 0 unspecified atom stereocenters. The van der Waals surface area contributed by atoms with Crippen LogP contribution in [0.15, 0.2) is 18.5 Å². The van der Waals surface area contributed by atoms with Crippen molar-refractivity contribution in [3.05, 3.63) is 29.8 Å². The third-order valence-corrected chi connectivity index (χ3v) is 2.94. The van der Waals surface area contributed by atoms with Gasteiger partial charge in [-0.05, 0) is 12.1 Å². The van der Waals surface area contributed by atoms with Gasteiger partial charge < -0.3 is 19.7 Å². The molecule has 2 aromatic rings. The van der Waals surface area contributed by atoms with Crippen LogP contribution >= 0.6 is 0 Å². The van der Waals surface area contributed by atoms with Crippen molar-refractivity contribution < 1.29 is 19.0 Å². The number of nitrogens with zero attached hydrogens (tertiary/aromatic N) is 2. The fraction of sp³-hybridized carbons (Fsp3) is 0.385. The fourth-order valence-electron chi connectivity index (χ4n) is 1.99. The van der Waals surface area contributed by atoms with Crippen molar-refractivity contribution in [1.29, 1.82) is 0 Å². The van der Waals surface area contributed by atoms with E-state index in [1.54, 1.807) is 0 Å². The largest absolute Gasteiger partial charge is 0.395 e. The molecule has 2 rings (SSSR count). The number of benzene rings is 1. The van der Waals surface area contributed by atoms with Crippen molar-refractivity contribution in [3.8, 4) is 0 Å². The number of nitrogens with one attached hydrogen (secondary N) is 1. The third-order valence-electron chi connectivity index (χ3n) is 2.94. The molecule has 7 heteroatoms. The predicted octanol–water partition coefficient (Wildman–Crippen LogP) is 0.783. The van der Waals surface area contributed by atoms with E-state index in [0.29, 0.717) is 24.2 Å². The van der Waals surface area contributed by atoms with Crippen LogP contribution in [0.3, 0.4) is 0 Å². The number of aromatic amines is 1. The Morgan fingerprint density at radius 2 is 2.30 bits per heavy atom. The van der Waals surface area contributed by atoms with E-state index >= 15 is 0 Å². The van der Waals surface area contributed by atoms with E-state index in [2.05, 4.69) is 9.97 Å². The number of hydrogen-bond donors (Lipinski definition) is 2. The molecule has 0 aliphatic heterocycles. The lowest BCUT2D eigenvalue weighted by atomic mass is 10.1. The Morgan fingerprint density at radius 1 is 1.50 bits per heavy atom. The molecule has 0 radical (unpaired) electrons. The summed E-state index contributed by atoms with van der Waals surface area (Å²) in [5.41, 5.74) is 1.05. The molecular formula is C13H16FN3O3. The molecule has 0 aliphatic carbocycles. The number of amides is 1. The molecule has 108 valence electrons. The quantitative estimate of drug-likeness (QED) is 0.820. The maximum Gasteiger partial charge on any atom is 0.256 e. The lowest BCUT2D eigenvalue weighted by Gasteiger charge is -2.21. The monoisotopic (exact) mass is 281 g/mol. The first-order chi connectivity index (χ1) is 9.67. The van der Waals surface area contributed by atoms with Crippen LogP contribution in [0.25, 0.3) is 11.0 Å². The number of carbonyl (C=O) groups excluding carboxylic acids is 1. The highest BCUT2D eigenvalue weighted by atomic mass is 19.1. The predicted molar refractivity (Wildman–Crippen MR) is 70.9 cm³/mol. The van der Waals surface area contributed by atoms with Crippen molar-refractivity contribution in [2.45, 2.75) is 0 Å². The van der Waals surface area contributed by atoms with E-state index in [0.717, 1.165) is 6.07 Å². The van der Waals surface area contributed by atoms with Gasteiger partial charge in [-0.25, -0.2) is 9.37 Å². The molecule has 0 fully saturated rings. The number of hydrogen-bond acceptors (Lipinski definition) is 4. The number of aliphatic hydroxyl groups excluding tert-OH is 1. The standard InChI is InChI=1S/C13H16FN3O3/c1-20-5-3-17(2-4-18)13(19)10-6-9(14)7-11-12(10)16-8-15-11/h6-8,18H,2-5H2,1H3,(H,15,16). The van der Waals surface area contributed by atoms with Gasteiger partial charge in [0, 0.05) is 20.2 Å². The minimum atomic E-state index is -0.513. The molecule has 0 saturated carbocycles. The van der Waals surface area contributed by atoms with Crippen LogP contribution in [0.5, 0.6) is 0 Å². The van der Waals surface area contributed by atoms with E-state index < -0.39 is 5.82 Å². The van der Waals surface area contributed by atoms with Crippen LogP contribution in [0.4, 0.5) is 4.39 Å². The molecule has 0 spiro atoms. The number of methoxy groups -OCH3 is 1. The van der Waals surface area contributed by atoms with Crippen LogP contribution in [-0.2, 0) is 4.74 Å². The smallest absolute Gasteiger partial charge is 0.256 e. The zero-order chi connectivity index (χ0) is 14.5. The summed E-state index contributed by atoms with van der Waals surface area (Å²) in [5.74, 6) is -0.895. The highest BCUT2D eigenvalue weighted by molar-refractivity contribution is 6.04. The van der Waals surface area contributed by atoms with Gasteiger partial charge in [0.1, 0.15) is 11.3 Å². The summed E-state index contributed by atoms with van der Waals surface area (Å²) in [6.45, 7) is 0.641. The van der Waals surface area contributed by atoms with Crippen molar-refractivity contribution in [2.24, 2.45) is 0 Å². The molecule has 20 heavy (non-hydrogen) atoms. The van der Waals surface area contributed by atoms with Gasteiger partial charge in [-0.15, -0.1) is 0 Å². The topological polar surface area (TPSA) is 78.5 Å². The van der Waals surface area contributed by atoms with Gasteiger partial charge in [0.05, 0.1) is 30.6 Å². The van der Waals surface area contributed by atoms with Gasteiger partial charge in [0.25, 0.3) is 5.91 Å². The number of aliphatic hydroxyl groups is 1. The average molecular weight is 281 g/mol. The molecule has 1 aromatic carbocycles. The Labute approximate surface area is 115 Å². The molecular weight excluding hydrogens is 265 g/mol. The number of aromatic nitrogens is 2. The molecule has 1 heterocycles. The molecule has 0 bridgehead atoms. The zero-order valence-corrected chi connectivity index (χ0v) is 11.1. The number of halogens is 1. The van der Waals surface area contributed by atoms with E-state index in [1.807, 2.05) is 0 Å². The molecule has 6 nitrogen and oxygen atoms in total. The summed E-state index contributed by atoms with van der Waals surface area (Å²) >= 11 is 0. The Kier molecular flexibility index (Phi) is 4.65. The second-order valence-electron chi connectivity index (χ2n) is 4.26. The molecule has 1 aromatic heterocycles. The molecule has 0 aliphatic rings. The first kappa shape index (κ1) is 14.4. The van der Waals surface area contributed by atoms with Gasteiger partial charge in [0.2, 0.25) is 0 Å². The molecule has 0 atom stereocenters. The number of fused-ring (bicyclic) bond motifs is 1. The minimum Gasteiger partial charge on any atom is -0.395 e. The van der Waals surface area contributed by atoms with Crippen LogP contribution in [0, 0.1) is 5.82 Å². The summed E-state index contributed by atoms with van der Waals surface area (Å²) in [4.78, 5) is 20.7. The van der Waals surface area contributed by atoms with Crippen molar-refractivity contribution in [3.63, 3.8) is 0 Å². The average Bonchev–Trinajstić information content (AvgIpc) is 2.89. The fourth-order valence-corrected chi connectivity index (χ4v) is 1.99. The molecule has 1 amide bonds. The maximum atomic E-state index is 13.5. The van der Waals surface area contributed by atoms with Crippen LogP contribution in [0.1, 0.15) is 10.4 Å². The summed E-state index contributed by atoms with van der Waals surface area (Å²) in [5, 5.41) is 9.03. The van der Waals surface area contributed by atoms with Gasteiger partial charge in [-0.3, -0.25) is 4.79 Å². The normalized spacial score (nSPS) is 10.9. The summed E-state index contributed by atoms with van der Waals surface area (Å²) in [6, 6.07) is 2.44. The Balaban J connectivity index is 2.34. The Bertz CT molecular complexity index is 600. The summed E-state index contributed by atoms with van der Waals surface area (Å²) in [6.07, 6.45) is 1.41. The van der Waals surface area contributed by atoms with E-state index in [-0.39, 0.29) is 24.6 Å². The lowest BCUT2D eigenvalue weighted by Crippen LogP contribution is -2.36. The number of imidazole rings is 1. The number of rotatable bonds is 6. The lowest BCUT2D eigenvalue weighted by molar-refractivity contribution is 0.0658. The number of ether oxygens (including phenoxy) is 1. The van der Waals surface area contributed by atoms with Crippen LogP contribution in [-0.4, -0.2) is 59.3 Å². The number of H-pyrrole nitrogens is 1. The second-order valence-corrected chi connectivity index (χ2v) is 4.26. The molecule has 0 saturated heterocycles. The van der Waals surface area contributed by atoms with Gasteiger partial charge in [-0.2, -0.15) is 0 Å². The van der Waals surface area contributed by atoms with Gasteiger partial charge in [-0.1, -0.05) is 0 Å². The van der Waals surface area contributed by atoms with Crippen molar-refractivity contribution in [1.82, 2.24) is 14.9 Å². The highest BCUT2D eigenvalue weighted by Gasteiger charge is 2.20. The zero-order valence-electron chi connectivity index (χ0n) is 11.1. The summed E-state index contributed by atoms with van der Waals surface area (Å²) in [7, 11) is 1.52. The van der Waals surface area contributed by atoms with Crippen molar-refractivity contribution in [2.75, 3.05) is 33.4 Å². The SMILES string of the molecule is COCCN(CCO)C(=O)c1cc(F)cc2[nH]cnc12. The number of carbonyl (C=O) groups is 1. The van der Waals surface area contributed by atoms with Crippen molar-refractivity contribution >= 4 is 16.9 Å². The second kappa shape index (κ2) is 6.44. The first-order valence-corrected chi connectivity index (χ1v) is 6.19. The summed E-state index contributed by atoms with van der Waals surface area (Å²) < 4.78 is 18.5. The van der Waals surface area contributed by atoms with E-state index in [4.69, 9.17) is 9.84 Å². The maximum absolute atomic E-state index is 13.5. The highest BCUT2D eigenvalue weighted by Crippen LogP contribution is 2.19. The Hall–Kier alpha value is -1.99. The van der Waals surface area contributed by atoms with Gasteiger partial charge >= 0.3 is 0 Å². The van der Waals surface area contributed by atoms with Gasteiger partial charge in [0.15, 0.2) is 0 Å². The van der Waals surface area contributed by atoms with E-state index in [1.165, 1.54) is 24.4 Å². The Morgan fingerprint density at radius 3 is 3.00 bits per heavy atom. The minimum absolute atomic E-state index is 0.157. The van der Waals surface area contributed by atoms with Crippen LogP contribution in [0.2, 0.25) is 0 Å². The third kappa shape index (κ3) is 2.94. The first-order valence-electron chi connectivity index (χ1n) is 6.19.